The van der Waals surface area contributed by atoms with Crippen LogP contribution in [0.4, 0.5) is 0 Å². The van der Waals surface area contributed by atoms with Gasteiger partial charge in [-0.3, -0.25) is 4.79 Å². The second-order valence-electron chi connectivity index (χ2n) is 5.96. The molecule has 2 unspecified atom stereocenters. The third kappa shape index (κ3) is 3.83. The summed E-state index contributed by atoms with van der Waals surface area (Å²) in [5, 5.41) is 6.54. The van der Waals surface area contributed by atoms with Crippen molar-refractivity contribution < 1.29 is 4.79 Å². The average Bonchev–Trinajstić information content (AvgIpc) is 2.80. The molecule has 0 fully saturated rings. The molecule has 0 bridgehead atoms. The Hall–Kier alpha value is -1.35. The molecule has 1 aromatic rings. The summed E-state index contributed by atoms with van der Waals surface area (Å²) in [6, 6.07) is 9.06. The Balaban J connectivity index is 1.81. The number of nitrogens with one attached hydrogen (secondary N) is 2. The fourth-order valence-electron chi connectivity index (χ4n) is 2.98. The minimum absolute atomic E-state index is 0.113. The highest BCUT2D eigenvalue weighted by atomic mass is 16.2. The van der Waals surface area contributed by atoms with Crippen LogP contribution in [0.2, 0.25) is 0 Å². The summed E-state index contributed by atoms with van der Waals surface area (Å²) < 4.78 is 0. The van der Waals surface area contributed by atoms with E-state index in [9.17, 15) is 4.79 Å². The van der Waals surface area contributed by atoms with E-state index in [4.69, 9.17) is 0 Å². The van der Waals surface area contributed by atoms with Crippen molar-refractivity contribution in [1.82, 2.24) is 10.6 Å². The number of hydrogen-bond donors (Lipinski definition) is 2. The van der Waals surface area contributed by atoms with Gasteiger partial charge in [0.25, 0.3) is 0 Å². The van der Waals surface area contributed by atoms with Gasteiger partial charge < -0.3 is 10.6 Å². The first-order chi connectivity index (χ1) is 9.60. The zero-order valence-electron chi connectivity index (χ0n) is 12.8. The fraction of sp³-hybridized carbons (Fsp3) is 0.588. The number of carbonyl (C=O) groups excluding carboxylic acids is 1. The van der Waals surface area contributed by atoms with Gasteiger partial charge in [0.15, 0.2) is 0 Å². The summed E-state index contributed by atoms with van der Waals surface area (Å²) >= 11 is 0. The minimum Gasteiger partial charge on any atom is -0.352 e. The molecule has 3 nitrogen and oxygen atoms in total. The van der Waals surface area contributed by atoms with Crippen molar-refractivity contribution >= 4 is 5.91 Å². The molecule has 0 aromatic heterocycles. The van der Waals surface area contributed by atoms with Crippen molar-refractivity contribution in [2.75, 3.05) is 0 Å². The molecule has 1 aromatic carbocycles. The van der Waals surface area contributed by atoms with Crippen LogP contribution < -0.4 is 10.6 Å². The summed E-state index contributed by atoms with van der Waals surface area (Å²) in [6.07, 6.45) is 4.19. The minimum atomic E-state index is -0.131. The van der Waals surface area contributed by atoms with E-state index < -0.39 is 0 Å². The van der Waals surface area contributed by atoms with Gasteiger partial charge in [-0.15, -0.1) is 0 Å². The normalized spacial score (nSPS) is 17.6. The fourth-order valence-corrected chi connectivity index (χ4v) is 2.98. The SMILES string of the molecule is CCCC(C)NC(=O)C(C)NC1Cc2ccccc2C1. The Morgan fingerprint density at radius 2 is 1.85 bits per heavy atom. The standard InChI is InChI=1S/C17H26N2O/c1-4-7-12(2)18-17(20)13(3)19-16-10-14-8-5-6-9-15(14)11-16/h5-6,8-9,12-13,16,19H,4,7,10-11H2,1-3H3,(H,18,20). The van der Waals surface area contributed by atoms with Gasteiger partial charge in [-0.25, -0.2) is 0 Å². The van der Waals surface area contributed by atoms with Crippen LogP contribution >= 0.6 is 0 Å². The third-order valence-electron chi connectivity index (χ3n) is 4.04. The topological polar surface area (TPSA) is 41.1 Å². The first kappa shape index (κ1) is 15.0. The molecule has 3 heteroatoms. The highest BCUT2D eigenvalue weighted by Crippen LogP contribution is 2.21. The number of fused-ring (bicyclic) bond motifs is 1. The Labute approximate surface area is 122 Å². The van der Waals surface area contributed by atoms with E-state index in [0.717, 1.165) is 25.7 Å². The highest BCUT2D eigenvalue weighted by Gasteiger charge is 2.24. The predicted octanol–water partition coefficient (Wildman–Crippen LogP) is 2.44. The molecule has 2 rings (SSSR count). The molecule has 0 saturated heterocycles. The van der Waals surface area contributed by atoms with Gasteiger partial charge in [0.2, 0.25) is 5.91 Å². The van der Waals surface area contributed by atoms with Gasteiger partial charge in [-0.1, -0.05) is 37.6 Å². The largest absolute Gasteiger partial charge is 0.352 e. The van der Waals surface area contributed by atoms with E-state index in [1.807, 2.05) is 6.92 Å². The molecule has 1 aliphatic rings. The summed E-state index contributed by atoms with van der Waals surface area (Å²) in [7, 11) is 0. The second-order valence-corrected chi connectivity index (χ2v) is 5.96. The molecule has 0 heterocycles. The quantitative estimate of drug-likeness (QED) is 0.836. The van der Waals surface area contributed by atoms with Gasteiger partial charge >= 0.3 is 0 Å². The molecule has 1 aliphatic carbocycles. The van der Waals surface area contributed by atoms with E-state index in [1.54, 1.807) is 0 Å². The van der Waals surface area contributed by atoms with Crippen LogP contribution in [-0.4, -0.2) is 24.0 Å². The molecule has 0 saturated carbocycles. The van der Waals surface area contributed by atoms with E-state index in [-0.39, 0.29) is 18.0 Å². The maximum Gasteiger partial charge on any atom is 0.237 e. The Morgan fingerprint density at radius 1 is 1.25 bits per heavy atom. The molecule has 0 spiro atoms. The van der Waals surface area contributed by atoms with Gasteiger partial charge in [0.05, 0.1) is 6.04 Å². The second kappa shape index (κ2) is 6.89. The van der Waals surface area contributed by atoms with Crippen molar-refractivity contribution in [3.05, 3.63) is 35.4 Å². The number of carbonyl (C=O) groups is 1. The summed E-state index contributed by atoms with van der Waals surface area (Å²) in [4.78, 5) is 12.1. The van der Waals surface area contributed by atoms with Gasteiger partial charge in [-0.05, 0) is 44.2 Å². The summed E-state index contributed by atoms with van der Waals surface area (Å²) in [6.45, 7) is 6.16. The smallest absolute Gasteiger partial charge is 0.237 e. The zero-order valence-corrected chi connectivity index (χ0v) is 12.8. The van der Waals surface area contributed by atoms with E-state index >= 15 is 0 Å². The van der Waals surface area contributed by atoms with Crippen LogP contribution in [0.3, 0.4) is 0 Å². The first-order valence-electron chi connectivity index (χ1n) is 7.73. The van der Waals surface area contributed by atoms with Crippen molar-refractivity contribution in [2.24, 2.45) is 0 Å². The molecule has 2 atom stereocenters. The van der Waals surface area contributed by atoms with Gasteiger partial charge in [-0.2, -0.15) is 0 Å². The Morgan fingerprint density at radius 3 is 2.40 bits per heavy atom. The van der Waals surface area contributed by atoms with Crippen LogP contribution in [0.25, 0.3) is 0 Å². The molecule has 20 heavy (non-hydrogen) atoms. The van der Waals surface area contributed by atoms with Crippen LogP contribution in [-0.2, 0) is 17.6 Å². The van der Waals surface area contributed by atoms with Crippen molar-refractivity contribution in [3.8, 4) is 0 Å². The average molecular weight is 274 g/mol. The highest BCUT2D eigenvalue weighted by molar-refractivity contribution is 5.81. The van der Waals surface area contributed by atoms with Crippen LogP contribution in [0.1, 0.15) is 44.7 Å². The van der Waals surface area contributed by atoms with Crippen molar-refractivity contribution in [3.63, 3.8) is 0 Å². The van der Waals surface area contributed by atoms with E-state index in [0.29, 0.717) is 6.04 Å². The lowest BCUT2D eigenvalue weighted by Crippen LogP contribution is -2.49. The van der Waals surface area contributed by atoms with Crippen LogP contribution in [0.15, 0.2) is 24.3 Å². The molecule has 110 valence electrons. The van der Waals surface area contributed by atoms with E-state index in [1.165, 1.54) is 11.1 Å². The van der Waals surface area contributed by atoms with Crippen LogP contribution in [0.5, 0.6) is 0 Å². The number of benzene rings is 1. The zero-order chi connectivity index (χ0) is 14.5. The third-order valence-corrected chi connectivity index (χ3v) is 4.04. The predicted molar refractivity (Wildman–Crippen MR) is 82.7 cm³/mol. The molecule has 2 N–H and O–H groups in total. The van der Waals surface area contributed by atoms with E-state index in [2.05, 4.69) is 48.7 Å². The molecular weight excluding hydrogens is 248 g/mol. The number of hydrogen-bond acceptors (Lipinski definition) is 2. The summed E-state index contributed by atoms with van der Waals surface area (Å²) in [5.74, 6) is 0.113. The number of rotatable bonds is 6. The van der Waals surface area contributed by atoms with Crippen LogP contribution in [0, 0.1) is 0 Å². The molecular formula is C17H26N2O. The van der Waals surface area contributed by atoms with Gasteiger partial charge in [0.1, 0.15) is 0 Å². The first-order valence-corrected chi connectivity index (χ1v) is 7.73. The van der Waals surface area contributed by atoms with Gasteiger partial charge in [0, 0.05) is 12.1 Å². The lowest BCUT2D eigenvalue weighted by molar-refractivity contribution is -0.123. The lowest BCUT2D eigenvalue weighted by Gasteiger charge is -2.21. The Kier molecular flexibility index (Phi) is 5.18. The molecule has 1 amide bonds. The Bertz CT molecular complexity index is 433. The molecule has 0 radical (unpaired) electrons. The van der Waals surface area contributed by atoms with Crippen molar-refractivity contribution in [1.29, 1.82) is 0 Å². The maximum atomic E-state index is 12.1. The monoisotopic (exact) mass is 274 g/mol. The lowest BCUT2D eigenvalue weighted by atomic mass is 10.1. The number of amides is 1. The summed E-state index contributed by atoms with van der Waals surface area (Å²) in [5.41, 5.74) is 2.83. The molecule has 0 aliphatic heterocycles. The maximum absolute atomic E-state index is 12.1. The van der Waals surface area contributed by atoms with Crippen molar-refractivity contribution in [2.45, 2.75) is 64.6 Å².